The molecule has 1 fully saturated rings. The number of benzene rings is 1. The summed E-state index contributed by atoms with van der Waals surface area (Å²) in [7, 11) is 1.37. The minimum Gasteiger partial charge on any atom is -0.453 e. The predicted octanol–water partition coefficient (Wildman–Crippen LogP) is 2.49. The largest absolute Gasteiger partial charge is 0.453 e. The summed E-state index contributed by atoms with van der Waals surface area (Å²) in [4.78, 5) is 25.5. The minimum atomic E-state index is -0.329. The van der Waals surface area contributed by atoms with E-state index in [0.717, 1.165) is 5.69 Å². The Balaban J connectivity index is 1.59. The van der Waals surface area contributed by atoms with E-state index < -0.39 is 0 Å². The average molecular weight is 363 g/mol. The molecule has 0 saturated carbocycles. The van der Waals surface area contributed by atoms with Gasteiger partial charge in [0.05, 0.1) is 12.8 Å². The lowest BCUT2D eigenvalue weighted by atomic mass is 10.1. The third-order valence-corrected chi connectivity index (χ3v) is 4.39. The average Bonchev–Trinajstić information content (AvgIpc) is 3.12. The van der Waals surface area contributed by atoms with Crippen molar-refractivity contribution in [2.75, 3.05) is 20.2 Å². The van der Waals surface area contributed by atoms with Gasteiger partial charge < -0.3 is 15.0 Å². The quantitative estimate of drug-likeness (QED) is 0.910. The van der Waals surface area contributed by atoms with Crippen LogP contribution in [0.15, 0.2) is 36.5 Å². The second-order valence-corrected chi connectivity index (χ2v) is 6.27. The molecule has 25 heavy (non-hydrogen) atoms. The second kappa shape index (κ2) is 7.57. The molecule has 0 unspecified atom stereocenters. The van der Waals surface area contributed by atoms with E-state index in [0.29, 0.717) is 36.6 Å². The maximum Gasteiger partial charge on any atom is 0.409 e. The van der Waals surface area contributed by atoms with E-state index in [1.165, 1.54) is 7.11 Å². The van der Waals surface area contributed by atoms with Crippen molar-refractivity contribution in [3.05, 3.63) is 47.2 Å². The molecule has 1 aliphatic rings. The summed E-state index contributed by atoms with van der Waals surface area (Å²) < 4.78 is 6.32. The van der Waals surface area contributed by atoms with Crippen LogP contribution in [-0.2, 0) is 4.74 Å². The number of rotatable bonds is 3. The fraction of sp³-hybridized carbons (Fsp3) is 0.353. The molecule has 1 saturated heterocycles. The van der Waals surface area contributed by atoms with E-state index in [1.54, 1.807) is 34.0 Å². The lowest BCUT2D eigenvalue weighted by Crippen LogP contribution is -2.46. The first kappa shape index (κ1) is 17.3. The van der Waals surface area contributed by atoms with Crippen LogP contribution in [-0.4, -0.2) is 52.9 Å². The van der Waals surface area contributed by atoms with E-state index in [9.17, 15) is 9.59 Å². The van der Waals surface area contributed by atoms with Gasteiger partial charge in [-0.05, 0) is 37.1 Å². The number of aromatic nitrogens is 2. The number of methoxy groups -OCH3 is 1. The lowest BCUT2D eigenvalue weighted by Gasteiger charge is -2.31. The van der Waals surface area contributed by atoms with E-state index in [4.69, 9.17) is 16.3 Å². The second-order valence-electron chi connectivity index (χ2n) is 5.83. The summed E-state index contributed by atoms with van der Waals surface area (Å²) in [5, 5.41) is 7.88. The van der Waals surface area contributed by atoms with Gasteiger partial charge in [0.15, 0.2) is 5.69 Å². The molecule has 8 heteroatoms. The third-order valence-electron chi connectivity index (χ3n) is 4.16. The molecule has 1 N–H and O–H groups in total. The van der Waals surface area contributed by atoms with Crippen LogP contribution in [0.25, 0.3) is 5.69 Å². The van der Waals surface area contributed by atoms with Crippen LogP contribution in [0, 0.1) is 0 Å². The Hall–Kier alpha value is -2.54. The fourth-order valence-corrected chi connectivity index (χ4v) is 2.99. The molecular formula is C17H19ClN4O3. The number of hydrogen-bond acceptors (Lipinski definition) is 4. The summed E-state index contributed by atoms with van der Waals surface area (Å²) >= 11 is 5.98. The summed E-state index contributed by atoms with van der Waals surface area (Å²) in [6, 6.07) is 8.93. The van der Waals surface area contributed by atoms with Gasteiger partial charge in [0.2, 0.25) is 0 Å². The van der Waals surface area contributed by atoms with Crippen LogP contribution in [0.4, 0.5) is 4.79 Å². The number of halogens is 1. The number of nitrogens with one attached hydrogen (secondary N) is 1. The van der Waals surface area contributed by atoms with Crippen molar-refractivity contribution in [1.82, 2.24) is 20.0 Å². The Labute approximate surface area is 150 Å². The molecule has 2 heterocycles. The Morgan fingerprint density at radius 1 is 1.28 bits per heavy atom. The van der Waals surface area contributed by atoms with Crippen LogP contribution in [0.3, 0.4) is 0 Å². The molecule has 1 aliphatic heterocycles. The molecule has 2 aromatic rings. The Morgan fingerprint density at radius 3 is 2.72 bits per heavy atom. The highest BCUT2D eigenvalue weighted by Gasteiger charge is 2.25. The van der Waals surface area contributed by atoms with E-state index in [-0.39, 0.29) is 18.0 Å². The molecular weight excluding hydrogens is 344 g/mol. The van der Waals surface area contributed by atoms with Crippen LogP contribution in [0.1, 0.15) is 23.3 Å². The van der Waals surface area contributed by atoms with Crippen molar-refractivity contribution in [3.8, 4) is 5.69 Å². The zero-order chi connectivity index (χ0) is 17.8. The number of carbonyl (C=O) groups excluding carboxylic acids is 2. The Bertz CT molecular complexity index is 769. The van der Waals surface area contributed by atoms with E-state index in [1.807, 2.05) is 12.1 Å². The first-order valence-corrected chi connectivity index (χ1v) is 8.40. The predicted molar refractivity (Wildman–Crippen MR) is 93.0 cm³/mol. The van der Waals surface area contributed by atoms with Crippen LogP contribution < -0.4 is 5.32 Å². The van der Waals surface area contributed by atoms with Gasteiger partial charge in [0.25, 0.3) is 5.91 Å². The third kappa shape index (κ3) is 4.11. The molecule has 2 amide bonds. The van der Waals surface area contributed by atoms with Gasteiger partial charge in [-0.25, -0.2) is 9.48 Å². The summed E-state index contributed by atoms with van der Waals surface area (Å²) in [5.41, 5.74) is 1.13. The maximum absolute atomic E-state index is 12.4. The van der Waals surface area contributed by atoms with Crippen LogP contribution in [0.2, 0.25) is 5.02 Å². The number of amides is 2. The molecule has 3 rings (SSSR count). The molecule has 7 nitrogen and oxygen atoms in total. The Morgan fingerprint density at radius 2 is 2.04 bits per heavy atom. The zero-order valence-corrected chi connectivity index (χ0v) is 14.6. The SMILES string of the molecule is COC(=O)N1CCC(NC(=O)c2ccn(-c3cccc(Cl)c3)n2)CC1. The van der Waals surface area contributed by atoms with Crippen molar-refractivity contribution in [1.29, 1.82) is 0 Å². The maximum atomic E-state index is 12.4. The van der Waals surface area contributed by atoms with Gasteiger partial charge in [0.1, 0.15) is 0 Å². The van der Waals surface area contributed by atoms with Gasteiger partial charge in [-0.2, -0.15) is 5.10 Å². The van der Waals surface area contributed by atoms with Crippen molar-refractivity contribution in [3.63, 3.8) is 0 Å². The van der Waals surface area contributed by atoms with Gasteiger partial charge >= 0.3 is 6.09 Å². The molecule has 0 atom stereocenters. The molecule has 0 spiro atoms. The topological polar surface area (TPSA) is 76.5 Å². The van der Waals surface area contributed by atoms with Crippen LogP contribution in [0.5, 0.6) is 0 Å². The highest BCUT2D eigenvalue weighted by Crippen LogP contribution is 2.15. The van der Waals surface area contributed by atoms with Crippen molar-refractivity contribution >= 4 is 23.6 Å². The molecule has 132 valence electrons. The normalized spacial score (nSPS) is 15.0. The summed E-state index contributed by atoms with van der Waals surface area (Å²) in [5.74, 6) is -0.225. The molecule has 0 aliphatic carbocycles. The summed E-state index contributed by atoms with van der Waals surface area (Å²) in [6.07, 6.45) is 2.77. The highest BCUT2D eigenvalue weighted by atomic mass is 35.5. The number of ether oxygens (including phenoxy) is 1. The number of piperidine rings is 1. The minimum absolute atomic E-state index is 0.0183. The number of hydrogen-bond donors (Lipinski definition) is 1. The van der Waals surface area contributed by atoms with Gasteiger partial charge in [-0.3, -0.25) is 4.79 Å². The molecule has 0 bridgehead atoms. The lowest BCUT2D eigenvalue weighted by molar-refractivity contribution is 0.0887. The Kier molecular flexibility index (Phi) is 5.23. The van der Waals surface area contributed by atoms with E-state index >= 15 is 0 Å². The first-order valence-electron chi connectivity index (χ1n) is 8.02. The molecule has 1 aromatic heterocycles. The number of likely N-dealkylation sites (tertiary alicyclic amines) is 1. The summed E-state index contributed by atoms with van der Waals surface area (Å²) in [6.45, 7) is 1.13. The number of nitrogens with zero attached hydrogens (tertiary/aromatic N) is 3. The highest BCUT2D eigenvalue weighted by molar-refractivity contribution is 6.30. The smallest absolute Gasteiger partial charge is 0.409 e. The molecule has 0 radical (unpaired) electrons. The van der Waals surface area contributed by atoms with Crippen molar-refractivity contribution < 1.29 is 14.3 Å². The van der Waals surface area contributed by atoms with Gasteiger partial charge in [-0.15, -0.1) is 0 Å². The van der Waals surface area contributed by atoms with Crippen molar-refractivity contribution in [2.24, 2.45) is 0 Å². The first-order chi connectivity index (χ1) is 12.1. The zero-order valence-electron chi connectivity index (χ0n) is 13.8. The number of carbonyl (C=O) groups is 2. The molecule has 1 aromatic carbocycles. The van der Waals surface area contributed by atoms with Gasteiger partial charge in [0, 0.05) is 30.4 Å². The monoisotopic (exact) mass is 362 g/mol. The van der Waals surface area contributed by atoms with Crippen molar-refractivity contribution in [2.45, 2.75) is 18.9 Å². The van der Waals surface area contributed by atoms with Crippen LogP contribution >= 0.6 is 11.6 Å². The van der Waals surface area contributed by atoms with Gasteiger partial charge in [-0.1, -0.05) is 17.7 Å². The standard InChI is InChI=1S/C17H19ClN4O3/c1-25-17(24)21-8-5-13(6-9-21)19-16(23)15-7-10-22(20-15)14-4-2-3-12(18)11-14/h2-4,7,10-11,13H,5-6,8-9H2,1H3,(H,19,23). The van der Waals surface area contributed by atoms with E-state index in [2.05, 4.69) is 10.4 Å². The fourth-order valence-electron chi connectivity index (χ4n) is 2.80.